The fraction of sp³-hybridized carbons (Fsp3) is 0.150. The number of methoxy groups -OCH3 is 2. The van der Waals surface area contributed by atoms with Gasteiger partial charge in [-0.15, -0.1) is 0 Å². The van der Waals surface area contributed by atoms with Crippen LogP contribution in [0.3, 0.4) is 0 Å². The van der Waals surface area contributed by atoms with E-state index in [0.717, 1.165) is 12.1 Å². The molecule has 0 amide bonds. The second-order valence-corrected chi connectivity index (χ2v) is 6.34. The van der Waals surface area contributed by atoms with E-state index in [1.54, 1.807) is 0 Å². The lowest BCUT2D eigenvalue weighted by Gasteiger charge is -2.13. The lowest BCUT2D eigenvalue weighted by molar-refractivity contribution is -0.132. The SMILES string of the molecule is COc1cc(/C=C2/N=C(c3cc(F)c(F)cc3Cl)OC2=O)cc(OC)c1OC(C)=O. The molecule has 2 aromatic carbocycles. The van der Waals surface area contributed by atoms with Gasteiger partial charge in [-0.05, 0) is 35.9 Å². The minimum Gasteiger partial charge on any atom is -0.493 e. The standard InChI is InChI=1S/C20H14ClF2NO6/c1-9(25)29-18-16(27-2)5-10(6-17(18)28-3)4-15-20(26)30-19(24-15)11-7-13(22)14(23)8-12(11)21/h4-8H,1-3H3/b15-4+. The van der Waals surface area contributed by atoms with Gasteiger partial charge in [-0.2, -0.15) is 0 Å². The third kappa shape index (κ3) is 4.25. The highest BCUT2D eigenvalue weighted by atomic mass is 35.5. The summed E-state index contributed by atoms with van der Waals surface area (Å²) in [5.74, 6) is -3.56. The Kier molecular flexibility index (Phi) is 6.02. The highest BCUT2D eigenvalue weighted by Crippen LogP contribution is 2.39. The summed E-state index contributed by atoms with van der Waals surface area (Å²) in [5.41, 5.74) is 0.204. The van der Waals surface area contributed by atoms with Gasteiger partial charge in [0.15, 0.2) is 28.8 Å². The van der Waals surface area contributed by atoms with Crippen molar-refractivity contribution in [3.05, 3.63) is 57.7 Å². The van der Waals surface area contributed by atoms with Crippen molar-refractivity contribution < 1.29 is 37.3 Å². The second kappa shape index (κ2) is 8.50. The maximum atomic E-state index is 13.5. The molecule has 1 aliphatic rings. The van der Waals surface area contributed by atoms with E-state index in [-0.39, 0.29) is 39.4 Å². The number of rotatable bonds is 5. The normalized spacial score (nSPS) is 14.4. The van der Waals surface area contributed by atoms with Crippen LogP contribution in [0.1, 0.15) is 18.1 Å². The van der Waals surface area contributed by atoms with Gasteiger partial charge in [0.2, 0.25) is 11.6 Å². The van der Waals surface area contributed by atoms with E-state index < -0.39 is 23.6 Å². The fourth-order valence-electron chi connectivity index (χ4n) is 2.60. The zero-order valence-corrected chi connectivity index (χ0v) is 16.7. The number of halogens is 3. The Labute approximate surface area is 174 Å². The molecule has 0 saturated heterocycles. The topological polar surface area (TPSA) is 83.4 Å². The molecule has 1 aliphatic heterocycles. The molecule has 30 heavy (non-hydrogen) atoms. The molecule has 3 rings (SSSR count). The van der Waals surface area contributed by atoms with E-state index in [1.165, 1.54) is 39.4 Å². The maximum absolute atomic E-state index is 13.5. The maximum Gasteiger partial charge on any atom is 0.363 e. The summed E-state index contributed by atoms with van der Waals surface area (Å²) in [6.45, 7) is 1.23. The molecule has 0 N–H and O–H groups in total. The van der Waals surface area contributed by atoms with Crippen molar-refractivity contribution in [2.45, 2.75) is 6.92 Å². The minimum absolute atomic E-state index is 0.0707. The van der Waals surface area contributed by atoms with E-state index in [4.69, 9.17) is 30.5 Å². The van der Waals surface area contributed by atoms with Crippen molar-refractivity contribution in [3.63, 3.8) is 0 Å². The largest absolute Gasteiger partial charge is 0.493 e. The van der Waals surface area contributed by atoms with Crippen molar-refractivity contribution in [3.8, 4) is 17.2 Å². The van der Waals surface area contributed by atoms with Gasteiger partial charge in [0.1, 0.15) is 0 Å². The van der Waals surface area contributed by atoms with Crippen LogP contribution in [0.5, 0.6) is 17.2 Å². The predicted molar refractivity (Wildman–Crippen MR) is 103 cm³/mol. The summed E-state index contributed by atoms with van der Waals surface area (Å²) in [5, 5.41) is -0.171. The molecule has 0 aliphatic carbocycles. The Hall–Kier alpha value is -3.46. The average molecular weight is 438 g/mol. The van der Waals surface area contributed by atoms with Gasteiger partial charge in [-0.1, -0.05) is 11.6 Å². The molecule has 0 spiro atoms. The third-order valence-electron chi connectivity index (χ3n) is 3.89. The number of benzene rings is 2. The monoisotopic (exact) mass is 437 g/mol. The molecule has 0 aromatic heterocycles. The quantitative estimate of drug-likeness (QED) is 0.305. The molecule has 0 fully saturated rings. The van der Waals surface area contributed by atoms with Crippen LogP contribution in [0, 0.1) is 11.6 Å². The number of ether oxygens (including phenoxy) is 4. The van der Waals surface area contributed by atoms with E-state index in [1.807, 2.05) is 0 Å². The summed E-state index contributed by atoms with van der Waals surface area (Å²) >= 11 is 5.90. The minimum atomic E-state index is -1.17. The van der Waals surface area contributed by atoms with Gasteiger partial charge in [-0.25, -0.2) is 18.6 Å². The zero-order chi connectivity index (χ0) is 22.0. The smallest absolute Gasteiger partial charge is 0.363 e. The van der Waals surface area contributed by atoms with Crippen molar-refractivity contribution in [1.82, 2.24) is 0 Å². The second-order valence-electron chi connectivity index (χ2n) is 5.93. The van der Waals surface area contributed by atoms with Crippen LogP contribution in [-0.4, -0.2) is 32.1 Å². The Bertz CT molecular complexity index is 1090. The molecule has 10 heteroatoms. The molecule has 156 valence electrons. The van der Waals surface area contributed by atoms with Gasteiger partial charge in [-0.3, -0.25) is 4.79 Å². The number of carbonyl (C=O) groups excluding carboxylic acids is 2. The number of carbonyl (C=O) groups is 2. The average Bonchev–Trinajstić information content (AvgIpc) is 3.05. The van der Waals surface area contributed by atoms with Gasteiger partial charge >= 0.3 is 11.9 Å². The summed E-state index contributed by atoms with van der Waals surface area (Å²) in [7, 11) is 2.73. The zero-order valence-electron chi connectivity index (χ0n) is 15.9. The number of nitrogens with zero attached hydrogens (tertiary/aromatic N) is 1. The number of hydrogen-bond acceptors (Lipinski definition) is 7. The van der Waals surface area contributed by atoms with Crippen molar-refractivity contribution in [1.29, 1.82) is 0 Å². The summed E-state index contributed by atoms with van der Waals surface area (Å²) < 4.78 is 47.4. The van der Waals surface area contributed by atoms with Crippen molar-refractivity contribution in [2.24, 2.45) is 4.99 Å². The third-order valence-corrected chi connectivity index (χ3v) is 4.21. The van der Waals surface area contributed by atoms with Crippen LogP contribution in [-0.2, 0) is 14.3 Å². The Balaban J connectivity index is 2.03. The molecule has 0 atom stereocenters. The Morgan fingerprint density at radius 1 is 1.10 bits per heavy atom. The van der Waals surface area contributed by atoms with Crippen molar-refractivity contribution in [2.75, 3.05) is 14.2 Å². The van der Waals surface area contributed by atoms with Gasteiger partial charge in [0.05, 0.1) is 24.8 Å². The van der Waals surface area contributed by atoms with Crippen LogP contribution in [0.4, 0.5) is 8.78 Å². The van der Waals surface area contributed by atoms with Gasteiger partial charge < -0.3 is 18.9 Å². The first kappa shape index (κ1) is 21.3. The number of cyclic esters (lactones) is 1. The highest BCUT2D eigenvalue weighted by Gasteiger charge is 2.27. The van der Waals surface area contributed by atoms with Crippen LogP contribution in [0.25, 0.3) is 6.08 Å². The van der Waals surface area contributed by atoms with Gasteiger partial charge in [0.25, 0.3) is 0 Å². The van der Waals surface area contributed by atoms with Gasteiger partial charge in [0, 0.05) is 6.92 Å². The summed E-state index contributed by atoms with van der Waals surface area (Å²) in [6, 6.07) is 4.51. The van der Waals surface area contributed by atoms with E-state index in [2.05, 4.69) is 4.99 Å². The van der Waals surface area contributed by atoms with Crippen LogP contribution in [0.15, 0.2) is 35.0 Å². The van der Waals surface area contributed by atoms with Crippen LogP contribution in [0.2, 0.25) is 5.02 Å². The van der Waals surface area contributed by atoms with E-state index in [9.17, 15) is 18.4 Å². The van der Waals surface area contributed by atoms with Crippen LogP contribution >= 0.6 is 11.6 Å². The molecule has 0 unspecified atom stereocenters. The first-order valence-corrected chi connectivity index (χ1v) is 8.73. The molecular formula is C20H14ClF2NO6. The fourth-order valence-corrected chi connectivity index (χ4v) is 2.83. The first-order chi connectivity index (χ1) is 14.2. The highest BCUT2D eigenvalue weighted by molar-refractivity contribution is 6.34. The molecule has 0 bridgehead atoms. The number of esters is 2. The number of aliphatic imine (C=N–C) groups is 1. The first-order valence-electron chi connectivity index (χ1n) is 8.35. The molecular weight excluding hydrogens is 424 g/mol. The predicted octanol–water partition coefficient (Wildman–Crippen LogP) is 3.91. The van der Waals surface area contributed by atoms with Crippen molar-refractivity contribution >= 4 is 35.5 Å². The molecule has 1 heterocycles. The molecule has 7 nitrogen and oxygen atoms in total. The Morgan fingerprint density at radius 2 is 1.70 bits per heavy atom. The van der Waals surface area contributed by atoms with E-state index >= 15 is 0 Å². The van der Waals surface area contributed by atoms with E-state index in [0.29, 0.717) is 5.56 Å². The Morgan fingerprint density at radius 3 is 2.27 bits per heavy atom. The van der Waals surface area contributed by atoms with Crippen LogP contribution < -0.4 is 14.2 Å². The lowest BCUT2D eigenvalue weighted by atomic mass is 10.1. The number of hydrogen-bond donors (Lipinski definition) is 0. The molecule has 2 aromatic rings. The molecule has 0 saturated carbocycles. The summed E-state index contributed by atoms with van der Waals surface area (Å²) in [4.78, 5) is 27.5. The summed E-state index contributed by atoms with van der Waals surface area (Å²) in [6.07, 6.45) is 1.35. The lowest BCUT2D eigenvalue weighted by Crippen LogP contribution is -2.07. The molecule has 0 radical (unpaired) electrons.